The Bertz CT molecular complexity index is 357. The maximum absolute atomic E-state index is 6.91. The van der Waals surface area contributed by atoms with Crippen LogP contribution >= 0.6 is 0 Å². The molecule has 0 saturated carbocycles. The number of unbranched alkanes of at least 4 members (excludes halogenated alkanes) is 3. The summed E-state index contributed by atoms with van der Waals surface area (Å²) >= 11 is 0. The lowest BCUT2D eigenvalue weighted by Crippen LogP contribution is -2.45. The fourth-order valence-corrected chi connectivity index (χ4v) is 3.65. The summed E-state index contributed by atoms with van der Waals surface area (Å²) in [5.41, 5.74) is 8.32. The Kier molecular flexibility index (Phi) is 11.2. The molecule has 0 spiro atoms. The van der Waals surface area contributed by atoms with Crippen LogP contribution in [0.4, 0.5) is 0 Å². The molecule has 2 nitrogen and oxygen atoms in total. The van der Waals surface area contributed by atoms with Crippen molar-refractivity contribution in [3.8, 4) is 0 Å². The normalized spacial score (nSPS) is 12.7. The van der Waals surface area contributed by atoms with E-state index in [0.717, 1.165) is 12.8 Å². The zero-order valence-electron chi connectivity index (χ0n) is 14.9. The minimum atomic E-state index is -0.0307. The van der Waals surface area contributed by atoms with Crippen LogP contribution in [0, 0.1) is 0 Å². The lowest BCUT2D eigenvalue weighted by atomic mass is 9.72. The van der Waals surface area contributed by atoms with E-state index in [2.05, 4.69) is 51.1 Å². The van der Waals surface area contributed by atoms with Crippen LogP contribution in [0.1, 0.15) is 90.0 Å². The van der Waals surface area contributed by atoms with Gasteiger partial charge < -0.3 is 11.2 Å². The smallest absolute Gasteiger partial charge is 0.0223 e. The fraction of sp³-hybridized carbons (Fsp3) is 0.700. The molecule has 128 valence electrons. The van der Waals surface area contributed by atoms with Crippen LogP contribution in [-0.4, -0.2) is 11.0 Å². The van der Waals surface area contributed by atoms with E-state index in [-0.39, 0.29) is 11.0 Å². The molecule has 0 aromatic heterocycles. The van der Waals surface area contributed by atoms with Gasteiger partial charge in [-0.15, -0.1) is 0 Å². The highest BCUT2D eigenvalue weighted by Gasteiger charge is 2.33. The van der Waals surface area contributed by atoms with Crippen molar-refractivity contribution in [2.45, 2.75) is 90.0 Å². The molecule has 1 aromatic rings. The van der Waals surface area contributed by atoms with Crippen molar-refractivity contribution < 1.29 is 5.48 Å². The molecular weight excluding hydrogens is 270 g/mol. The van der Waals surface area contributed by atoms with E-state index >= 15 is 0 Å². The van der Waals surface area contributed by atoms with E-state index in [9.17, 15) is 0 Å². The molecule has 0 saturated heterocycles. The predicted molar refractivity (Wildman–Crippen MR) is 98.3 cm³/mol. The summed E-state index contributed by atoms with van der Waals surface area (Å²) in [4.78, 5) is 0. The van der Waals surface area contributed by atoms with E-state index in [1.807, 2.05) is 0 Å². The maximum atomic E-state index is 6.91. The minimum absolute atomic E-state index is 0. The highest BCUT2D eigenvalue weighted by Crippen LogP contribution is 2.37. The molecule has 1 rings (SSSR count). The largest absolute Gasteiger partial charge is 0.412 e. The highest BCUT2D eigenvalue weighted by atomic mass is 16.0. The van der Waals surface area contributed by atoms with Gasteiger partial charge in [0.15, 0.2) is 0 Å². The van der Waals surface area contributed by atoms with Crippen LogP contribution < -0.4 is 5.73 Å². The number of hydrogen-bond donors (Lipinski definition) is 1. The van der Waals surface area contributed by atoms with Crippen molar-refractivity contribution in [2.75, 3.05) is 0 Å². The van der Waals surface area contributed by atoms with E-state index in [0.29, 0.717) is 5.92 Å². The van der Waals surface area contributed by atoms with Crippen molar-refractivity contribution in [3.05, 3.63) is 35.9 Å². The molecular formula is C20H37NO. The zero-order valence-corrected chi connectivity index (χ0v) is 14.9. The summed E-state index contributed by atoms with van der Waals surface area (Å²) in [5, 5.41) is 0. The van der Waals surface area contributed by atoms with Gasteiger partial charge in [0.25, 0.3) is 0 Å². The Hall–Kier alpha value is -0.860. The third-order valence-corrected chi connectivity index (χ3v) is 4.67. The van der Waals surface area contributed by atoms with Crippen molar-refractivity contribution in [1.29, 1.82) is 0 Å². The van der Waals surface area contributed by atoms with Gasteiger partial charge in [-0.1, -0.05) is 89.6 Å². The van der Waals surface area contributed by atoms with Gasteiger partial charge in [-0.25, -0.2) is 0 Å². The Morgan fingerprint density at radius 2 is 1.45 bits per heavy atom. The second-order valence-electron chi connectivity index (χ2n) is 6.55. The van der Waals surface area contributed by atoms with Crippen LogP contribution in [0.3, 0.4) is 0 Å². The van der Waals surface area contributed by atoms with Gasteiger partial charge >= 0.3 is 0 Å². The fourth-order valence-electron chi connectivity index (χ4n) is 3.65. The summed E-state index contributed by atoms with van der Waals surface area (Å²) in [5.74, 6) is 0.510. The van der Waals surface area contributed by atoms with E-state index < -0.39 is 0 Å². The topological polar surface area (TPSA) is 57.5 Å². The number of rotatable bonds is 11. The molecule has 1 aromatic carbocycles. The number of nitrogens with two attached hydrogens (primary N) is 1. The van der Waals surface area contributed by atoms with Gasteiger partial charge in [0.2, 0.25) is 0 Å². The monoisotopic (exact) mass is 307 g/mol. The molecule has 0 aliphatic heterocycles. The molecule has 0 fully saturated rings. The lowest BCUT2D eigenvalue weighted by molar-refractivity contribution is 0.275. The van der Waals surface area contributed by atoms with Gasteiger partial charge in [-0.05, 0) is 24.8 Å². The summed E-state index contributed by atoms with van der Waals surface area (Å²) in [6.07, 6.45) is 11.1. The quantitative estimate of drug-likeness (QED) is 0.560. The molecule has 4 N–H and O–H groups in total. The Balaban J connectivity index is 0.00000441. The molecule has 0 amide bonds. The van der Waals surface area contributed by atoms with Crippen LogP contribution in [-0.2, 0) is 0 Å². The lowest BCUT2D eigenvalue weighted by Gasteiger charge is -2.38. The van der Waals surface area contributed by atoms with Crippen molar-refractivity contribution >= 4 is 0 Å². The van der Waals surface area contributed by atoms with E-state index in [1.54, 1.807) is 0 Å². The van der Waals surface area contributed by atoms with Crippen molar-refractivity contribution in [1.82, 2.24) is 0 Å². The Labute approximate surface area is 137 Å². The molecule has 0 radical (unpaired) electrons. The van der Waals surface area contributed by atoms with Gasteiger partial charge in [0.1, 0.15) is 0 Å². The van der Waals surface area contributed by atoms with Gasteiger partial charge in [-0.2, -0.15) is 0 Å². The Morgan fingerprint density at radius 1 is 0.864 bits per heavy atom. The van der Waals surface area contributed by atoms with E-state index in [4.69, 9.17) is 5.73 Å². The first-order chi connectivity index (χ1) is 10.2. The Morgan fingerprint density at radius 3 is 1.95 bits per heavy atom. The SMILES string of the molecule is CCCCCCC(c1ccccc1)C(N)(CCC)CCC.O. The number of hydrogen-bond acceptors (Lipinski definition) is 1. The van der Waals surface area contributed by atoms with Crippen LogP contribution in [0.25, 0.3) is 0 Å². The van der Waals surface area contributed by atoms with Crippen LogP contribution in [0.2, 0.25) is 0 Å². The number of benzene rings is 1. The van der Waals surface area contributed by atoms with Gasteiger partial charge in [-0.3, -0.25) is 0 Å². The van der Waals surface area contributed by atoms with Crippen LogP contribution in [0.15, 0.2) is 30.3 Å². The van der Waals surface area contributed by atoms with Gasteiger partial charge in [0.05, 0.1) is 0 Å². The summed E-state index contributed by atoms with van der Waals surface area (Å²) in [6, 6.07) is 11.0. The summed E-state index contributed by atoms with van der Waals surface area (Å²) in [7, 11) is 0. The predicted octanol–water partition coefficient (Wildman–Crippen LogP) is 5.21. The van der Waals surface area contributed by atoms with E-state index in [1.165, 1.54) is 50.5 Å². The third-order valence-electron chi connectivity index (χ3n) is 4.67. The summed E-state index contributed by atoms with van der Waals surface area (Å²) in [6.45, 7) is 6.79. The first-order valence-corrected chi connectivity index (χ1v) is 9.01. The maximum Gasteiger partial charge on any atom is 0.0223 e. The molecule has 22 heavy (non-hydrogen) atoms. The molecule has 0 aliphatic rings. The van der Waals surface area contributed by atoms with Crippen molar-refractivity contribution in [2.24, 2.45) is 5.73 Å². The minimum Gasteiger partial charge on any atom is -0.412 e. The average Bonchev–Trinajstić information content (AvgIpc) is 2.48. The first-order valence-electron chi connectivity index (χ1n) is 9.01. The zero-order chi connectivity index (χ0) is 15.6. The van der Waals surface area contributed by atoms with Gasteiger partial charge in [0, 0.05) is 11.5 Å². The molecule has 2 heteroatoms. The molecule has 0 bridgehead atoms. The first kappa shape index (κ1) is 21.1. The molecule has 1 unspecified atom stereocenters. The molecule has 0 heterocycles. The average molecular weight is 308 g/mol. The third kappa shape index (κ3) is 6.50. The standard InChI is InChI=1S/C20H35N.H2O/c1-4-7-8-12-15-19(18-13-10-9-11-14-18)20(21,16-5-2)17-6-3;/h9-11,13-14,19H,4-8,12,15-17,21H2,1-3H3;1H2. The second-order valence-corrected chi connectivity index (χ2v) is 6.55. The summed E-state index contributed by atoms with van der Waals surface area (Å²) < 4.78 is 0. The highest BCUT2D eigenvalue weighted by molar-refractivity contribution is 5.24. The molecule has 0 aliphatic carbocycles. The molecule has 1 atom stereocenters. The van der Waals surface area contributed by atoms with Crippen LogP contribution in [0.5, 0.6) is 0 Å². The second kappa shape index (κ2) is 11.7. The van der Waals surface area contributed by atoms with Crippen molar-refractivity contribution in [3.63, 3.8) is 0 Å².